The first-order valence-corrected chi connectivity index (χ1v) is 13.0. The number of aromatic nitrogens is 2. The normalized spacial score (nSPS) is 19.2. The molecule has 0 spiro atoms. The molecule has 0 bridgehead atoms. The number of ether oxygens (including phenoxy) is 1. The maximum Gasteiger partial charge on any atom is 0.253 e. The van der Waals surface area contributed by atoms with Crippen LogP contribution in [0.4, 0.5) is 0 Å². The number of rotatable bonds is 5. The highest BCUT2D eigenvalue weighted by Gasteiger charge is 2.32. The van der Waals surface area contributed by atoms with Gasteiger partial charge in [0.25, 0.3) is 5.91 Å². The summed E-state index contributed by atoms with van der Waals surface area (Å²) < 4.78 is 8.22. The molecule has 0 unspecified atom stereocenters. The van der Waals surface area contributed by atoms with Gasteiger partial charge in [0, 0.05) is 62.1 Å². The van der Waals surface area contributed by atoms with Gasteiger partial charge in [-0.05, 0) is 62.1 Å². The van der Waals surface area contributed by atoms with Gasteiger partial charge in [-0.15, -0.1) is 0 Å². The molecule has 0 radical (unpaired) electrons. The van der Waals surface area contributed by atoms with E-state index in [2.05, 4.69) is 4.98 Å². The summed E-state index contributed by atoms with van der Waals surface area (Å²) in [4.78, 5) is 33.8. The van der Waals surface area contributed by atoms with Crippen molar-refractivity contribution in [1.29, 1.82) is 0 Å². The molecular formula is C28H32N4O3. The number of benzene rings is 1. The Balaban J connectivity index is 1.09. The molecule has 2 aromatic heterocycles. The fourth-order valence-corrected chi connectivity index (χ4v) is 5.46. The van der Waals surface area contributed by atoms with Gasteiger partial charge in [-0.3, -0.25) is 9.59 Å². The van der Waals surface area contributed by atoms with E-state index in [1.807, 2.05) is 57.0 Å². The SMILES string of the molecule is O=C(c1ccc2c(ccn2-c2ccc(OC3CCN(C(=O)C4CCC4)CC3)cn2)c1)N1CCCC1. The molecule has 2 saturated heterocycles. The lowest BCUT2D eigenvalue weighted by Crippen LogP contribution is -2.45. The van der Waals surface area contributed by atoms with Gasteiger partial charge in [0.15, 0.2) is 0 Å². The topological polar surface area (TPSA) is 67.7 Å². The molecule has 1 saturated carbocycles. The average molecular weight is 473 g/mol. The zero-order valence-electron chi connectivity index (χ0n) is 20.1. The van der Waals surface area contributed by atoms with Crippen LogP contribution in [0.2, 0.25) is 0 Å². The summed E-state index contributed by atoms with van der Waals surface area (Å²) in [5.74, 6) is 2.30. The highest BCUT2D eigenvalue weighted by atomic mass is 16.5. The summed E-state index contributed by atoms with van der Waals surface area (Å²) >= 11 is 0. The second-order valence-corrected chi connectivity index (χ2v) is 10.1. The maximum absolute atomic E-state index is 12.7. The van der Waals surface area contributed by atoms with Gasteiger partial charge in [0.2, 0.25) is 5.91 Å². The van der Waals surface area contributed by atoms with Crippen molar-refractivity contribution < 1.29 is 14.3 Å². The molecule has 7 heteroatoms. The van der Waals surface area contributed by atoms with Gasteiger partial charge in [-0.1, -0.05) is 6.42 Å². The lowest BCUT2D eigenvalue weighted by molar-refractivity contribution is -0.140. The Morgan fingerprint density at radius 1 is 0.857 bits per heavy atom. The number of fused-ring (bicyclic) bond motifs is 1. The number of hydrogen-bond donors (Lipinski definition) is 0. The number of amides is 2. The van der Waals surface area contributed by atoms with Crippen LogP contribution in [0.15, 0.2) is 48.8 Å². The molecule has 3 aromatic rings. The first-order chi connectivity index (χ1) is 17.2. The van der Waals surface area contributed by atoms with Crippen LogP contribution >= 0.6 is 0 Å². The van der Waals surface area contributed by atoms with E-state index < -0.39 is 0 Å². The third-order valence-electron chi connectivity index (χ3n) is 7.81. The lowest BCUT2D eigenvalue weighted by atomic mass is 9.84. The number of likely N-dealkylation sites (tertiary alicyclic amines) is 2. The van der Waals surface area contributed by atoms with Crippen molar-refractivity contribution in [2.45, 2.75) is 51.0 Å². The number of carbonyl (C=O) groups excluding carboxylic acids is 2. The van der Waals surface area contributed by atoms with Gasteiger partial charge in [-0.25, -0.2) is 4.98 Å². The molecule has 4 heterocycles. The van der Waals surface area contributed by atoms with Crippen molar-refractivity contribution >= 4 is 22.7 Å². The third-order valence-corrected chi connectivity index (χ3v) is 7.81. The van der Waals surface area contributed by atoms with Crippen molar-refractivity contribution in [2.24, 2.45) is 5.92 Å². The highest BCUT2D eigenvalue weighted by Crippen LogP contribution is 2.30. The Bertz CT molecular complexity index is 1220. The van der Waals surface area contributed by atoms with Crippen LogP contribution in [0.25, 0.3) is 16.7 Å². The molecular weight excluding hydrogens is 440 g/mol. The molecule has 2 aliphatic heterocycles. The van der Waals surface area contributed by atoms with Crippen LogP contribution in [-0.4, -0.2) is 63.4 Å². The van der Waals surface area contributed by atoms with Crippen molar-refractivity contribution in [3.63, 3.8) is 0 Å². The molecule has 182 valence electrons. The Hall–Kier alpha value is -3.35. The van der Waals surface area contributed by atoms with Gasteiger partial charge in [0.05, 0.1) is 11.7 Å². The fraction of sp³-hybridized carbons (Fsp3) is 0.464. The Morgan fingerprint density at radius 3 is 2.34 bits per heavy atom. The van der Waals surface area contributed by atoms with Gasteiger partial charge in [-0.2, -0.15) is 0 Å². The number of pyridine rings is 1. The zero-order valence-corrected chi connectivity index (χ0v) is 20.1. The monoisotopic (exact) mass is 472 g/mol. The fourth-order valence-electron chi connectivity index (χ4n) is 5.46. The summed E-state index contributed by atoms with van der Waals surface area (Å²) in [5, 5.41) is 1.03. The summed E-state index contributed by atoms with van der Waals surface area (Å²) in [6.45, 7) is 3.27. The summed E-state index contributed by atoms with van der Waals surface area (Å²) in [6.07, 6.45) is 11.1. The number of hydrogen-bond acceptors (Lipinski definition) is 4. The summed E-state index contributed by atoms with van der Waals surface area (Å²) in [5.41, 5.74) is 1.77. The van der Waals surface area contributed by atoms with E-state index in [-0.39, 0.29) is 17.9 Å². The number of piperidine rings is 1. The van der Waals surface area contributed by atoms with Gasteiger partial charge in [0.1, 0.15) is 17.7 Å². The van der Waals surface area contributed by atoms with E-state index in [9.17, 15) is 9.59 Å². The molecule has 35 heavy (non-hydrogen) atoms. The van der Waals surface area contributed by atoms with Crippen LogP contribution in [0.5, 0.6) is 5.75 Å². The van der Waals surface area contributed by atoms with E-state index in [0.717, 1.165) is 92.7 Å². The second kappa shape index (κ2) is 9.36. The predicted octanol–water partition coefficient (Wildman–Crippen LogP) is 4.43. The maximum atomic E-state index is 12.7. The van der Waals surface area contributed by atoms with Crippen LogP contribution in [0, 0.1) is 5.92 Å². The first-order valence-electron chi connectivity index (χ1n) is 13.0. The van der Waals surface area contributed by atoms with E-state index >= 15 is 0 Å². The number of carbonyl (C=O) groups is 2. The first kappa shape index (κ1) is 22.1. The molecule has 1 aliphatic carbocycles. The minimum Gasteiger partial charge on any atom is -0.489 e. The molecule has 0 N–H and O–H groups in total. The Kier molecular flexibility index (Phi) is 5.92. The minimum atomic E-state index is 0.118. The van der Waals surface area contributed by atoms with E-state index in [0.29, 0.717) is 5.91 Å². The Morgan fingerprint density at radius 2 is 1.66 bits per heavy atom. The smallest absolute Gasteiger partial charge is 0.253 e. The van der Waals surface area contributed by atoms with Crippen molar-refractivity contribution in [3.8, 4) is 11.6 Å². The summed E-state index contributed by atoms with van der Waals surface area (Å²) in [7, 11) is 0. The quantitative estimate of drug-likeness (QED) is 0.551. The van der Waals surface area contributed by atoms with Gasteiger partial charge < -0.3 is 19.1 Å². The second-order valence-electron chi connectivity index (χ2n) is 10.1. The zero-order chi connectivity index (χ0) is 23.8. The minimum absolute atomic E-state index is 0.118. The highest BCUT2D eigenvalue weighted by molar-refractivity contribution is 5.98. The molecule has 3 fully saturated rings. The van der Waals surface area contributed by atoms with Crippen LogP contribution in [0.1, 0.15) is 55.3 Å². The lowest BCUT2D eigenvalue weighted by Gasteiger charge is -2.36. The molecule has 6 rings (SSSR count). The van der Waals surface area contributed by atoms with Crippen molar-refractivity contribution in [3.05, 3.63) is 54.4 Å². The van der Waals surface area contributed by atoms with Gasteiger partial charge >= 0.3 is 0 Å². The van der Waals surface area contributed by atoms with E-state index in [1.54, 1.807) is 6.20 Å². The van der Waals surface area contributed by atoms with Crippen LogP contribution in [-0.2, 0) is 4.79 Å². The molecule has 2 amide bonds. The predicted molar refractivity (Wildman–Crippen MR) is 134 cm³/mol. The number of nitrogens with zero attached hydrogens (tertiary/aromatic N) is 4. The van der Waals surface area contributed by atoms with Crippen LogP contribution < -0.4 is 4.74 Å². The largest absolute Gasteiger partial charge is 0.489 e. The van der Waals surface area contributed by atoms with E-state index in [4.69, 9.17) is 4.74 Å². The standard InChI is InChI=1S/C28H32N4O3/c33-27(20-4-3-5-20)31-15-11-23(12-16-31)35-24-7-9-26(29-19-24)32-17-10-21-18-22(6-8-25(21)32)28(34)30-13-1-2-14-30/h6-10,17-20,23H,1-5,11-16H2. The van der Waals surface area contributed by atoms with Crippen LogP contribution in [0.3, 0.4) is 0 Å². The van der Waals surface area contributed by atoms with Crippen molar-refractivity contribution in [2.75, 3.05) is 26.2 Å². The third kappa shape index (κ3) is 4.40. The molecule has 1 aromatic carbocycles. The van der Waals surface area contributed by atoms with E-state index in [1.165, 1.54) is 6.42 Å². The summed E-state index contributed by atoms with van der Waals surface area (Å²) in [6, 6.07) is 11.9. The molecule has 7 nitrogen and oxygen atoms in total. The average Bonchev–Trinajstić information content (AvgIpc) is 3.54. The van der Waals surface area contributed by atoms with Crippen molar-refractivity contribution in [1.82, 2.24) is 19.4 Å². The Labute approximate surface area is 205 Å². The molecule has 3 aliphatic rings. The molecule has 0 atom stereocenters.